The van der Waals surface area contributed by atoms with Crippen molar-refractivity contribution in [3.8, 4) is 0 Å². The Bertz CT molecular complexity index is 735. The predicted octanol–water partition coefficient (Wildman–Crippen LogP) is 2.18. The Hall–Kier alpha value is -1.99. The molecule has 7 heteroatoms. The molecule has 0 bridgehead atoms. The highest BCUT2D eigenvalue weighted by Crippen LogP contribution is 2.50. The second-order valence-corrected chi connectivity index (χ2v) is 7.33. The lowest BCUT2D eigenvalue weighted by Crippen LogP contribution is -2.74. The molecule has 2 atom stereocenters. The minimum absolute atomic E-state index is 0.0198. The van der Waals surface area contributed by atoms with Crippen molar-refractivity contribution in [2.75, 3.05) is 17.2 Å². The molecule has 2 unspecified atom stereocenters. The van der Waals surface area contributed by atoms with Crippen LogP contribution in [-0.2, 0) is 20.7 Å². The lowest BCUT2D eigenvalue weighted by molar-refractivity contribution is -0.166. The van der Waals surface area contributed by atoms with Gasteiger partial charge in [0.1, 0.15) is 11.4 Å². The molecule has 1 aromatic rings. The summed E-state index contributed by atoms with van der Waals surface area (Å²) >= 11 is 0. The highest BCUT2D eigenvalue weighted by Gasteiger charge is 2.62. The highest BCUT2D eigenvalue weighted by molar-refractivity contribution is 6.01. The first-order chi connectivity index (χ1) is 11.7. The van der Waals surface area contributed by atoms with Crippen LogP contribution in [-0.4, -0.2) is 30.1 Å². The Labute approximate surface area is 146 Å². The van der Waals surface area contributed by atoms with Gasteiger partial charge in [-0.15, -0.1) is 0 Å². The molecule has 3 rings (SSSR count). The normalized spacial score (nSPS) is 27.1. The Morgan fingerprint density at radius 1 is 1.44 bits per heavy atom. The number of benzene rings is 1. The van der Waals surface area contributed by atoms with E-state index in [0.29, 0.717) is 31.6 Å². The third kappa shape index (κ3) is 2.81. The Kier molecular flexibility index (Phi) is 4.33. The fourth-order valence-corrected chi connectivity index (χ4v) is 3.55. The first-order valence-corrected chi connectivity index (χ1v) is 8.53. The minimum Gasteiger partial charge on any atom is -0.378 e. The van der Waals surface area contributed by atoms with Crippen molar-refractivity contribution >= 4 is 23.2 Å². The summed E-state index contributed by atoms with van der Waals surface area (Å²) in [6.07, 6.45) is 1.08. The van der Waals surface area contributed by atoms with E-state index in [1.807, 2.05) is 20.8 Å². The molecule has 25 heavy (non-hydrogen) atoms. The van der Waals surface area contributed by atoms with E-state index < -0.39 is 22.7 Å². The zero-order valence-corrected chi connectivity index (χ0v) is 14.7. The van der Waals surface area contributed by atoms with Crippen molar-refractivity contribution < 1.29 is 18.7 Å². The maximum absolute atomic E-state index is 14.3. The molecule has 1 aliphatic carbocycles. The first-order valence-electron chi connectivity index (χ1n) is 8.53. The lowest BCUT2D eigenvalue weighted by Gasteiger charge is -2.57. The topological polar surface area (TPSA) is 93.4 Å². The second kappa shape index (κ2) is 6.07. The van der Waals surface area contributed by atoms with E-state index in [-0.39, 0.29) is 17.7 Å². The van der Waals surface area contributed by atoms with Crippen molar-refractivity contribution in [1.29, 1.82) is 0 Å². The van der Waals surface area contributed by atoms with Gasteiger partial charge >= 0.3 is 0 Å². The van der Waals surface area contributed by atoms with Gasteiger partial charge in [-0.05, 0) is 31.0 Å². The maximum atomic E-state index is 14.3. The molecular weight excluding hydrogens is 325 g/mol. The molecule has 136 valence electrons. The van der Waals surface area contributed by atoms with Crippen LogP contribution in [0.3, 0.4) is 0 Å². The van der Waals surface area contributed by atoms with E-state index in [2.05, 4.69) is 10.6 Å². The van der Waals surface area contributed by atoms with E-state index in [1.165, 1.54) is 12.1 Å². The molecule has 1 fully saturated rings. The highest BCUT2D eigenvalue weighted by atomic mass is 19.1. The van der Waals surface area contributed by atoms with Gasteiger partial charge < -0.3 is 21.1 Å². The number of carbonyl (C=O) groups is 2. The standard InChI is InChI=1S/C18H24FN3O3/c1-4-25-14-9-18(20,17(14,2)3)16(24)22-13-8-12-10(7-11(13)19)5-6-15(23)21-12/h7-8,14H,4-6,9,20H2,1-3H3,(H,21,23)(H,22,24). The predicted molar refractivity (Wildman–Crippen MR) is 92.7 cm³/mol. The Morgan fingerprint density at radius 3 is 2.80 bits per heavy atom. The van der Waals surface area contributed by atoms with E-state index in [0.717, 1.165) is 5.56 Å². The van der Waals surface area contributed by atoms with Gasteiger partial charge in [-0.25, -0.2) is 4.39 Å². The minimum atomic E-state index is -1.14. The Morgan fingerprint density at radius 2 is 2.16 bits per heavy atom. The number of nitrogens with one attached hydrogen (secondary N) is 2. The molecule has 1 heterocycles. The second-order valence-electron chi connectivity index (χ2n) is 7.33. The molecule has 4 N–H and O–H groups in total. The number of fused-ring (bicyclic) bond motifs is 1. The number of hydrogen-bond donors (Lipinski definition) is 3. The SMILES string of the molecule is CCOC1CC(N)(C(=O)Nc2cc3c(cc2F)CCC(=O)N3)C1(C)C. The third-order valence-corrected chi connectivity index (χ3v) is 5.57. The van der Waals surface area contributed by atoms with E-state index in [4.69, 9.17) is 10.5 Å². The van der Waals surface area contributed by atoms with Crippen molar-refractivity contribution in [3.63, 3.8) is 0 Å². The summed E-state index contributed by atoms with van der Waals surface area (Å²) in [5.74, 6) is -1.11. The van der Waals surface area contributed by atoms with Gasteiger partial charge in [-0.2, -0.15) is 0 Å². The van der Waals surface area contributed by atoms with Gasteiger partial charge in [-0.1, -0.05) is 13.8 Å². The van der Waals surface area contributed by atoms with Crippen LogP contribution in [0.2, 0.25) is 0 Å². The Balaban J connectivity index is 1.80. The fraction of sp³-hybridized carbons (Fsp3) is 0.556. The van der Waals surface area contributed by atoms with Crippen LogP contribution < -0.4 is 16.4 Å². The quantitative estimate of drug-likeness (QED) is 0.777. The van der Waals surface area contributed by atoms with Crippen LogP contribution in [0.15, 0.2) is 12.1 Å². The summed E-state index contributed by atoms with van der Waals surface area (Å²) in [6, 6.07) is 2.80. The van der Waals surface area contributed by atoms with Crippen molar-refractivity contribution in [3.05, 3.63) is 23.5 Å². The van der Waals surface area contributed by atoms with Crippen LogP contribution >= 0.6 is 0 Å². The zero-order chi connectivity index (χ0) is 18.4. The number of rotatable bonds is 4. The molecule has 6 nitrogen and oxygen atoms in total. The average molecular weight is 349 g/mol. The lowest BCUT2D eigenvalue weighted by atomic mass is 9.54. The molecule has 1 aromatic carbocycles. The maximum Gasteiger partial charge on any atom is 0.245 e. The summed E-state index contributed by atoms with van der Waals surface area (Å²) in [7, 11) is 0. The number of amides is 2. The first kappa shape index (κ1) is 17.8. The monoisotopic (exact) mass is 349 g/mol. The fourth-order valence-electron chi connectivity index (χ4n) is 3.55. The molecule has 2 aliphatic rings. The van der Waals surface area contributed by atoms with Crippen LogP contribution in [0.4, 0.5) is 15.8 Å². The van der Waals surface area contributed by atoms with Gasteiger partial charge in [0.2, 0.25) is 11.8 Å². The van der Waals surface area contributed by atoms with Crippen LogP contribution in [0.25, 0.3) is 0 Å². The molecule has 0 saturated heterocycles. The molecular formula is C18H24FN3O3. The number of carbonyl (C=O) groups excluding carboxylic acids is 2. The molecule has 1 aliphatic heterocycles. The number of hydrogen-bond acceptors (Lipinski definition) is 4. The number of halogens is 1. The molecule has 0 spiro atoms. The van der Waals surface area contributed by atoms with Gasteiger partial charge in [0.05, 0.1) is 11.8 Å². The number of ether oxygens (including phenoxy) is 1. The van der Waals surface area contributed by atoms with Gasteiger partial charge in [-0.3, -0.25) is 9.59 Å². The summed E-state index contributed by atoms with van der Waals surface area (Å²) in [4.78, 5) is 24.2. The van der Waals surface area contributed by atoms with Crippen molar-refractivity contribution in [2.45, 2.75) is 51.7 Å². The van der Waals surface area contributed by atoms with Gasteiger partial charge in [0, 0.05) is 30.6 Å². The smallest absolute Gasteiger partial charge is 0.245 e. The van der Waals surface area contributed by atoms with E-state index in [1.54, 1.807) is 0 Å². The number of anilines is 2. The largest absolute Gasteiger partial charge is 0.378 e. The summed E-state index contributed by atoms with van der Waals surface area (Å²) in [6.45, 7) is 6.19. The third-order valence-electron chi connectivity index (χ3n) is 5.57. The van der Waals surface area contributed by atoms with Crippen LogP contribution in [0, 0.1) is 11.2 Å². The molecule has 0 radical (unpaired) electrons. The molecule has 0 aromatic heterocycles. The van der Waals surface area contributed by atoms with Gasteiger partial charge in [0.15, 0.2) is 0 Å². The van der Waals surface area contributed by atoms with Crippen LogP contribution in [0.5, 0.6) is 0 Å². The average Bonchev–Trinajstić information content (AvgIpc) is 2.55. The summed E-state index contributed by atoms with van der Waals surface area (Å²) in [5, 5.41) is 5.29. The zero-order valence-electron chi connectivity index (χ0n) is 14.7. The molecule has 1 saturated carbocycles. The van der Waals surface area contributed by atoms with Crippen molar-refractivity contribution in [2.24, 2.45) is 11.1 Å². The summed E-state index contributed by atoms with van der Waals surface area (Å²) in [5.41, 5.74) is 5.88. The van der Waals surface area contributed by atoms with E-state index in [9.17, 15) is 14.0 Å². The summed E-state index contributed by atoms with van der Waals surface area (Å²) < 4.78 is 20.0. The van der Waals surface area contributed by atoms with Crippen molar-refractivity contribution in [1.82, 2.24) is 0 Å². The van der Waals surface area contributed by atoms with Gasteiger partial charge in [0.25, 0.3) is 0 Å². The van der Waals surface area contributed by atoms with Crippen LogP contribution in [0.1, 0.15) is 39.2 Å². The molecule has 2 amide bonds. The number of aryl methyl sites for hydroxylation is 1. The number of nitrogens with two attached hydrogens (primary N) is 1. The van der Waals surface area contributed by atoms with E-state index >= 15 is 0 Å².